The molecule has 1 unspecified atom stereocenters. The lowest BCUT2D eigenvalue weighted by molar-refractivity contribution is -0.122. The Kier molecular flexibility index (Phi) is 9.45. The summed E-state index contributed by atoms with van der Waals surface area (Å²) in [6.07, 6.45) is 6.34. The van der Waals surface area contributed by atoms with Crippen LogP contribution >= 0.6 is 0 Å². The number of ether oxygens (including phenoxy) is 2. The number of Topliss-reactive ketones (excluding diaryl/α,β-unsaturated/α-hetero) is 2. The van der Waals surface area contributed by atoms with Gasteiger partial charge in [0.05, 0.1) is 20.3 Å². The molecule has 0 aromatic heterocycles. The maximum absolute atomic E-state index is 12.5. The van der Waals surface area contributed by atoms with Crippen LogP contribution in [0, 0.1) is 0 Å². The minimum absolute atomic E-state index is 0.108. The average Bonchev–Trinajstić information content (AvgIpc) is 2.60. The van der Waals surface area contributed by atoms with E-state index in [9.17, 15) is 14.7 Å². The normalized spacial score (nSPS) is 16.5. The van der Waals surface area contributed by atoms with Gasteiger partial charge >= 0.3 is 0 Å². The third-order valence-corrected chi connectivity index (χ3v) is 4.49. The highest BCUT2D eigenvalue weighted by Crippen LogP contribution is 2.29. The van der Waals surface area contributed by atoms with E-state index < -0.39 is 17.7 Å². The highest BCUT2D eigenvalue weighted by molar-refractivity contribution is 6.23. The zero-order chi connectivity index (χ0) is 18.8. The predicted octanol–water partition coefficient (Wildman–Crippen LogP) is 2.43. The Morgan fingerprint density at radius 1 is 0.840 bits per heavy atom. The van der Waals surface area contributed by atoms with Gasteiger partial charge in [0.25, 0.3) is 0 Å². The van der Waals surface area contributed by atoms with Crippen molar-refractivity contribution in [2.24, 2.45) is 0 Å². The lowest BCUT2D eigenvalue weighted by atomic mass is 9.87. The molecule has 142 valence electrons. The van der Waals surface area contributed by atoms with Gasteiger partial charge in [0, 0.05) is 17.8 Å². The molecule has 2 N–H and O–H groups in total. The van der Waals surface area contributed by atoms with E-state index in [1.807, 2.05) is 0 Å². The van der Waals surface area contributed by atoms with Crippen molar-refractivity contribution in [2.75, 3.05) is 20.8 Å². The summed E-state index contributed by atoms with van der Waals surface area (Å²) in [6.45, 7) is 1.78. The van der Waals surface area contributed by atoms with Gasteiger partial charge in [-0.25, -0.2) is 0 Å². The van der Waals surface area contributed by atoms with Crippen molar-refractivity contribution in [2.45, 2.75) is 64.4 Å². The number of aliphatic hydroxyl groups excluding tert-OH is 2. The number of rotatable bonds is 12. The fourth-order valence-corrected chi connectivity index (χ4v) is 3.04. The molecule has 25 heavy (non-hydrogen) atoms. The summed E-state index contributed by atoms with van der Waals surface area (Å²) in [5.74, 6) is -1.15. The number of hydrogen-bond acceptors (Lipinski definition) is 6. The third kappa shape index (κ3) is 5.68. The molecule has 0 aromatic rings. The molecule has 1 rings (SSSR count). The molecule has 0 saturated carbocycles. The van der Waals surface area contributed by atoms with Gasteiger partial charge in [-0.2, -0.15) is 0 Å². The maximum Gasteiger partial charge on any atom is 0.230 e. The molecular formula is C19H30O6. The van der Waals surface area contributed by atoms with Crippen molar-refractivity contribution in [3.63, 3.8) is 0 Å². The summed E-state index contributed by atoms with van der Waals surface area (Å²) in [5, 5.41) is 19.1. The molecule has 0 aromatic carbocycles. The van der Waals surface area contributed by atoms with Crippen LogP contribution in [0.5, 0.6) is 0 Å². The van der Waals surface area contributed by atoms with Crippen molar-refractivity contribution in [1.29, 1.82) is 0 Å². The van der Waals surface area contributed by atoms with E-state index in [2.05, 4.69) is 0 Å². The smallest absolute Gasteiger partial charge is 0.230 e. The Balaban J connectivity index is 2.55. The van der Waals surface area contributed by atoms with Gasteiger partial charge in [-0.05, 0) is 19.8 Å². The molecule has 0 fully saturated rings. The van der Waals surface area contributed by atoms with E-state index in [-0.39, 0.29) is 29.3 Å². The highest BCUT2D eigenvalue weighted by atomic mass is 16.5. The monoisotopic (exact) mass is 354 g/mol. The molecular weight excluding hydrogens is 324 g/mol. The SMILES string of the molecule is COC1=C(OC)C(=O)C(C(O)CCCCCCCCCO)=C(C)C1=O. The lowest BCUT2D eigenvalue weighted by Gasteiger charge is -2.23. The van der Waals surface area contributed by atoms with Gasteiger partial charge in [0.2, 0.25) is 23.1 Å². The molecule has 0 heterocycles. The number of unbranched alkanes of at least 4 members (excludes halogenated alkanes) is 6. The summed E-state index contributed by atoms with van der Waals surface area (Å²) >= 11 is 0. The van der Waals surface area contributed by atoms with Crippen LogP contribution in [0.25, 0.3) is 0 Å². The Morgan fingerprint density at radius 2 is 1.32 bits per heavy atom. The van der Waals surface area contributed by atoms with E-state index in [1.54, 1.807) is 0 Å². The minimum Gasteiger partial charge on any atom is -0.489 e. The average molecular weight is 354 g/mol. The molecule has 1 aliphatic rings. The van der Waals surface area contributed by atoms with Gasteiger partial charge in [-0.3, -0.25) is 9.59 Å². The first-order valence-corrected chi connectivity index (χ1v) is 8.90. The van der Waals surface area contributed by atoms with E-state index in [0.29, 0.717) is 6.42 Å². The first-order chi connectivity index (χ1) is 12.0. The number of carbonyl (C=O) groups excluding carboxylic acids is 2. The van der Waals surface area contributed by atoms with Crippen molar-refractivity contribution >= 4 is 11.6 Å². The predicted molar refractivity (Wildman–Crippen MR) is 93.8 cm³/mol. The van der Waals surface area contributed by atoms with Gasteiger partial charge in [-0.1, -0.05) is 38.5 Å². The molecule has 0 saturated heterocycles. The topological polar surface area (TPSA) is 93.1 Å². The number of allylic oxidation sites excluding steroid dienone is 2. The van der Waals surface area contributed by atoms with Crippen molar-refractivity contribution in [3.8, 4) is 0 Å². The fourth-order valence-electron chi connectivity index (χ4n) is 3.04. The van der Waals surface area contributed by atoms with Crippen LogP contribution < -0.4 is 0 Å². The van der Waals surface area contributed by atoms with Crippen LogP contribution in [0.15, 0.2) is 22.7 Å². The van der Waals surface area contributed by atoms with Gasteiger partial charge in [-0.15, -0.1) is 0 Å². The lowest BCUT2D eigenvalue weighted by Crippen LogP contribution is -2.30. The van der Waals surface area contributed by atoms with E-state index in [4.69, 9.17) is 14.6 Å². The first-order valence-electron chi connectivity index (χ1n) is 8.90. The van der Waals surface area contributed by atoms with Crippen LogP contribution in [0.1, 0.15) is 58.3 Å². The Hall–Kier alpha value is -1.66. The van der Waals surface area contributed by atoms with Crippen LogP contribution in [0.4, 0.5) is 0 Å². The number of aliphatic hydroxyl groups is 2. The number of carbonyl (C=O) groups is 2. The number of hydrogen-bond donors (Lipinski definition) is 2. The molecule has 1 atom stereocenters. The Morgan fingerprint density at radius 3 is 1.84 bits per heavy atom. The van der Waals surface area contributed by atoms with Gasteiger partial charge in [0.15, 0.2) is 0 Å². The van der Waals surface area contributed by atoms with Crippen molar-refractivity contribution in [1.82, 2.24) is 0 Å². The van der Waals surface area contributed by atoms with Crippen molar-refractivity contribution < 1.29 is 29.3 Å². The first kappa shape index (κ1) is 21.4. The zero-order valence-corrected chi connectivity index (χ0v) is 15.5. The Labute approximate surface area is 149 Å². The summed E-state index contributed by atoms with van der Waals surface area (Å²) in [4.78, 5) is 24.8. The number of ketones is 2. The second-order valence-corrected chi connectivity index (χ2v) is 6.27. The van der Waals surface area contributed by atoms with E-state index in [1.165, 1.54) is 21.1 Å². The van der Waals surface area contributed by atoms with E-state index >= 15 is 0 Å². The molecule has 6 heteroatoms. The molecule has 0 aliphatic heterocycles. The van der Waals surface area contributed by atoms with Crippen LogP contribution in [-0.2, 0) is 19.1 Å². The third-order valence-electron chi connectivity index (χ3n) is 4.49. The summed E-state index contributed by atoms with van der Waals surface area (Å²) in [7, 11) is 2.62. The fraction of sp³-hybridized carbons (Fsp3) is 0.684. The molecule has 1 aliphatic carbocycles. The second-order valence-electron chi connectivity index (χ2n) is 6.27. The Bertz CT molecular complexity index is 532. The summed E-state index contributed by atoms with van der Waals surface area (Å²) < 4.78 is 10.00. The molecule has 6 nitrogen and oxygen atoms in total. The largest absolute Gasteiger partial charge is 0.489 e. The molecule has 0 spiro atoms. The highest BCUT2D eigenvalue weighted by Gasteiger charge is 2.37. The summed E-state index contributed by atoms with van der Waals surface area (Å²) in [5.41, 5.74) is 0.338. The number of methoxy groups -OCH3 is 2. The second kappa shape index (κ2) is 11.1. The van der Waals surface area contributed by atoms with Crippen LogP contribution in [0.3, 0.4) is 0 Å². The van der Waals surface area contributed by atoms with Gasteiger partial charge in [0.1, 0.15) is 0 Å². The molecule has 0 amide bonds. The van der Waals surface area contributed by atoms with Gasteiger partial charge < -0.3 is 19.7 Å². The molecule has 0 bridgehead atoms. The zero-order valence-electron chi connectivity index (χ0n) is 15.5. The maximum atomic E-state index is 12.5. The van der Waals surface area contributed by atoms with E-state index in [0.717, 1.165) is 44.9 Å². The minimum atomic E-state index is -0.977. The standard InChI is InChI=1S/C19H30O6/c1-13-15(17(23)19(25-3)18(24-2)16(13)22)14(21)11-9-7-5-4-6-8-10-12-20/h14,20-21H,4-12H2,1-3H3. The van der Waals surface area contributed by atoms with Crippen molar-refractivity contribution in [3.05, 3.63) is 22.7 Å². The quantitative estimate of drug-likeness (QED) is 0.413. The molecule has 0 radical (unpaired) electrons. The summed E-state index contributed by atoms with van der Waals surface area (Å²) in [6, 6.07) is 0. The van der Waals surface area contributed by atoms with Crippen LogP contribution in [0.2, 0.25) is 0 Å². The van der Waals surface area contributed by atoms with Crippen LogP contribution in [-0.4, -0.2) is 48.7 Å².